The summed E-state index contributed by atoms with van der Waals surface area (Å²) < 4.78 is 28.9. The van der Waals surface area contributed by atoms with Gasteiger partial charge < -0.3 is 5.11 Å². The molecule has 0 amide bonds. The molecule has 0 unspecified atom stereocenters. The second-order valence-electron chi connectivity index (χ2n) is 5.63. The predicted octanol–water partition coefficient (Wildman–Crippen LogP) is 0.584. The molecule has 2 rings (SSSR count). The number of nitrogens with zero attached hydrogens (tertiary/aromatic N) is 4. The van der Waals surface area contributed by atoms with Crippen LogP contribution in [0.4, 0.5) is 0 Å². The maximum absolute atomic E-state index is 12.5. The van der Waals surface area contributed by atoms with E-state index >= 15 is 0 Å². The minimum absolute atomic E-state index is 0.0499. The number of aliphatic carboxylic acids is 1. The summed E-state index contributed by atoms with van der Waals surface area (Å²) in [5.74, 6) is -0.974. The van der Waals surface area contributed by atoms with Gasteiger partial charge in [0, 0.05) is 12.0 Å². The van der Waals surface area contributed by atoms with Gasteiger partial charge in [-0.2, -0.15) is 0 Å². The van der Waals surface area contributed by atoms with Gasteiger partial charge >= 0.3 is 5.97 Å². The van der Waals surface area contributed by atoms with Gasteiger partial charge in [0.25, 0.3) is 0 Å². The lowest BCUT2D eigenvalue weighted by Gasteiger charge is -2.25. The van der Waals surface area contributed by atoms with Gasteiger partial charge in [0.2, 0.25) is 10.0 Å². The van der Waals surface area contributed by atoms with E-state index in [-0.39, 0.29) is 17.7 Å². The molecule has 0 saturated heterocycles. The van der Waals surface area contributed by atoms with Gasteiger partial charge in [-0.05, 0) is 48.9 Å². The Morgan fingerprint density at radius 2 is 2.13 bits per heavy atom. The Morgan fingerprint density at radius 1 is 1.39 bits per heavy atom. The van der Waals surface area contributed by atoms with Gasteiger partial charge in [0.1, 0.15) is 6.33 Å². The molecule has 9 nitrogen and oxygen atoms in total. The molecule has 0 aliphatic heterocycles. The van der Waals surface area contributed by atoms with Crippen molar-refractivity contribution in [3.63, 3.8) is 0 Å². The highest BCUT2D eigenvalue weighted by atomic mass is 32.2. The first kappa shape index (κ1) is 17.0. The molecule has 0 aliphatic carbocycles. The van der Waals surface area contributed by atoms with Crippen molar-refractivity contribution >= 4 is 16.0 Å². The average molecular weight is 339 g/mol. The fourth-order valence-corrected chi connectivity index (χ4v) is 3.45. The van der Waals surface area contributed by atoms with Crippen LogP contribution >= 0.6 is 0 Å². The number of aromatic nitrogens is 4. The molecule has 1 heterocycles. The average Bonchev–Trinajstić information content (AvgIpc) is 2.99. The van der Waals surface area contributed by atoms with Crippen LogP contribution < -0.4 is 4.72 Å². The molecule has 0 spiro atoms. The number of hydrogen-bond donors (Lipinski definition) is 2. The molecular formula is C13H17N5O4S. The number of carbonyl (C=O) groups is 1. The van der Waals surface area contributed by atoms with Crippen LogP contribution in [0, 0.1) is 0 Å². The number of nitrogens with one attached hydrogen (secondary N) is 1. The quantitative estimate of drug-likeness (QED) is 0.755. The summed E-state index contributed by atoms with van der Waals surface area (Å²) >= 11 is 0. The van der Waals surface area contributed by atoms with Crippen molar-refractivity contribution in [2.24, 2.45) is 0 Å². The standard InChI is InChI=1S/C13H17N5O4S/c1-13(2,7-6-12(19)20)15-23(21,22)11-5-3-4-10(8-11)18-9-14-16-17-18/h3-5,8-9,15H,6-7H2,1-2H3,(H,19,20). The lowest BCUT2D eigenvalue weighted by Crippen LogP contribution is -2.43. The normalized spacial score (nSPS) is 12.3. The van der Waals surface area contributed by atoms with Gasteiger partial charge in [-0.1, -0.05) is 6.07 Å². The van der Waals surface area contributed by atoms with E-state index in [2.05, 4.69) is 20.2 Å². The van der Waals surface area contributed by atoms with E-state index in [1.165, 1.54) is 23.1 Å². The Balaban J connectivity index is 2.23. The van der Waals surface area contributed by atoms with E-state index in [0.29, 0.717) is 5.69 Å². The first-order valence-corrected chi connectivity index (χ1v) is 8.27. The van der Waals surface area contributed by atoms with Crippen LogP contribution in [0.5, 0.6) is 0 Å². The van der Waals surface area contributed by atoms with Crippen molar-refractivity contribution in [1.82, 2.24) is 24.9 Å². The molecule has 10 heteroatoms. The Kier molecular flexibility index (Phi) is 4.76. The largest absolute Gasteiger partial charge is 0.481 e. The molecular weight excluding hydrogens is 322 g/mol. The smallest absolute Gasteiger partial charge is 0.303 e. The molecule has 0 fully saturated rings. The summed E-state index contributed by atoms with van der Waals surface area (Å²) in [5, 5.41) is 19.4. The number of tetrazole rings is 1. The highest BCUT2D eigenvalue weighted by Crippen LogP contribution is 2.19. The van der Waals surface area contributed by atoms with Crippen molar-refractivity contribution in [2.75, 3.05) is 0 Å². The Hall–Kier alpha value is -2.33. The SMILES string of the molecule is CC(C)(CCC(=O)O)NS(=O)(=O)c1cccc(-n2cnnn2)c1. The minimum Gasteiger partial charge on any atom is -0.481 e. The summed E-state index contributed by atoms with van der Waals surface area (Å²) in [6, 6.07) is 6.14. The molecule has 2 N–H and O–H groups in total. The van der Waals surface area contributed by atoms with E-state index in [1.807, 2.05) is 0 Å². The van der Waals surface area contributed by atoms with Crippen molar-refractivity contribution in [1.29, 1.82) is 0 Å². The van der Waals surface area contributed by atoms with Crippen LogP contribution in [0.1, 0.15) is 26.7 Å². The second-order valence-corrected chi connectivity index (χ2v) is 7.32. The number of carboxylic acids is 1. The van der Waals surface area contributed by atoms with Crippen LogP contribution in [-0.2, 0) is 14.8 Å². The number of sulfonamides is 1. The van der Waals surface area contributed by atoms with Crippen LogP contribution in [-0.4, -0.2) is 45.2 Å². The molecule has 1 aromatic carbocycles. The van der Waals surface area contributed by atoms with Crippen molar-refractivity contribution in [3.8, 4) is 5.69 Å². The summed E-state index contributed by atoms with van der Waals surface area (Å²) in [5.41, 5.74) is -0.386. The highest BCUT2D eigenvalue weighted by molar-refractivity contribution is 7.89. The third kappa shape index (κ3) is 4.57. The molecule has 0 bridgehead atoms. The molecule has 124 valence electrons. The zero-order valence-corrected chi connectivity index (χ0v) is 13.5. The van der Waals surface area contributed by atoms with Crippen molar-refractivity contribution in [2.45, 2.75) is 37.1 Å². The number of benzene rings is 1. The van der Waals surface area contributed by atoms with Gasteiger partial charge in [0.15, 0.2) is 0 Å². The zero-order valence-electron chi connectivity index (χ0n) is 12.7. The number of hydrogen-bond acceptors (Lipinski definition) is 6. The number of carboxylic acid groups (broad SMARTS) is 1. The summed E-state index contributed by atoms with van der Waals surface area (Å²) in [4.78, 5) is 10.7. The lowest BCUT2D eigenvalue weighted by molar-refractivity contribution is -0.137. The van der Waals surface area contributed by atoms with Gasteiger partial charge in [-0.3, -0.25) is 4.79 Å². The van der Waals surface area contributed by atoms with Crippen molar-refractivity contribution in [3.05, 3.63) is 30.6 Å². The number of rotatable bonds is 7. The first-order chi connectivity index (χ1) is 10.7. The Bertz CT molecular complexity index is 786. The third-order valence-corrected chi connectivity index (χ3v) is 4.81. The molecule has 0 radical (unpaired) electrons. The first-order valence-electron chi connectivity index (χ1n) is 6.79. The Labute approximate surface area is 133 Å². The highest BCUT2D eigenvalue weighted by Gasteiger charge is 2.27. The molecule has 1 aromatic heterocycles. The third-order valence-electron chi connectivity index (χ3n) is 3.12. The fraction of sp³-hybridized carbons (Fsp3) is 0.385. The fourth-order valence-electron chi connectivity index (χ4n) is 1.97. The van der Waals surface area contributed by atoms with Crippen LogP contribution in [0.2, 0.25) is 0 Å². The summed E-state index contributed by atoms with van der Waals surface area (Å²) in [6.45, 7) is 3.28. The van der Waals surface area contributed by atoms with Gasteiger partial charge in [-0.15, -0.1) is 5.10 Å². The van der Waals surface area contributed by atoms with Crippen LogP contribution in [0.15, 0.2) is 35.5 Å². The summed E-state index contributed by atoms with van der Waals surface area (Å²) in [7, 11) is -3.80. The molecule has 0 saturated carbocycles. The Morgan fingerprint density at radius 3 is 2.74 bits per heavy atom. The zero-order chi connectivity index (χ0) is 17.1. The molecule has 2 aromatic rings. The van der Waals surface area contributed by atoms with E-state index in [9.17, 15) is 13.2 Å². The van der Waals surface area contributed by atoms with E-state index in [4.69, 9.17) is 5.11 Å². The van der Waals surface area contributed by atoms with Crippen LogP contribution in [0.25, 0.3) is 5.69 Å². The topological polar surface area (TPSA) is 127 Å². The van der Waals surface area contributed by atoms with E-state index < -0.39 is 21.5 Å². The monoisotopic (exact) mass is 339 g/mol. The minimum atomic E-state index is -3.80. The molecule has 0 atom stereocenters. The maximum atomic E-state index is 12.5. The maximum Gasteiger partial charge on any atom is 0.303 e. The lowest BCUT2D eigenvalue weighted by atomic mass is 10.0. The molecule has 23 heavy (non-hydrogen) atoms. The van der Waals surface area contributed by atoms with E-state index in [1.54, 1.807) is 26.0 Å². The van der Waals surface area contributed by atoms with Crippen LogP contribution in [0.3, 0.4) is 0 Å². The van der Waals surface area contributed by atoms with E-state index in [0.717, 1.165) is 0 Å². The molecule has 0 aliphatic rings. The second kappa shape index (κ2) is 6.42. The van der Waals surface area contributed by atoms with Crippen molar-refractivity contribution < 1.29 is 18.3 Å². The predicted molar refractivity (Wildman–Crippen MR) is 80.4 cm³/mol. The van der Waals surface area contributed by atoms with Gasteiger partial charge in [0.05, 0.1) is 10.6 Å². The van der Waals surface area contributed by atoms with Gasteiger partial charge in [-0.25, -0.2) is 17.8 Å². The summed E-state index contributed by atoms with van der Waals surface area (Å²) in [6.07, 6.45) is 1.41.